The summed E-state index contributed by atoms with van der Waals surface area (Å²) < 4.78 is 40.1. The largest absolute Gasteiger partial charge is 1.00 e. The molecule has 0 aliphatic carbocycles. The van der Waals surface area contributed by atoms with Gasteiger partial charge < -0.3 is 17.7 Å². The number of rotatable bonds is 4. The molecule has 0 spiro atoms. The van der Waals surface area contributed by atoms with Crippen LogP contribution in [0.3, 0.4) is 0 Å². The summed E-state index contributed by atoms with van der Waals surface area (Å²) in [5.74, 6) is -0.480. The molecule has 146 valence electrons. The fraction of sp³-hybridized carbons (Fsp3) is 0.100. The van der Waals surface area contributed by atoms with Gasteiger partial charge in [0.2, 0.25) is 6.54 Å². The molecule has 0 saturated carbocycles. The molecule has 0 aliphatic heterocycles. The molecule has 0 unspecified atom stereocenters. The smallest absolute Gasteiger partial charge is 0.416 e. The predicted molar refractivity (Wildman–Crippen MR) is 97.2 cm³/mol. The Morgan fingerprint density at radius 3 is 2.36 bits per heavy atom. The van der Waals surface area contributed by atoms with Crippen LogP contribution >= 0.6 is 11.6 Å². The Balaban J connectivity index is 0.00000280. The number of amides is 1. The van der Waals surface area contributed by atoms with Gasteiger partial charge in [-0.3, -0.25) is 4.79 Å². The molecule has 3 nitrogen and oxygen atoms in total. The summed E-state index contributed by atoms with van der Waals surface area (Å²) in [4.78, 5) is 12.3. The van der Waals surface area contributed by atoms with Crippen molar-refractivity contribution in [2.24, 2.45) is 0 Å². The van der Waals surface area contributed by atoms with Gasteiger partial charge in [0.05, 0.1) is 16.3 Å². The molecular weight excluding hydrogens is 412 g/mol. The van der Waals surface area contributed by atoms with Crippen LogP contribution in [0.1, 0.15) is 5.56 Å². The third-order valence-corrected chi connectivity index (χ3v) is 4.19. The lowest BCUT2D eigenvalue weighted by Gasteiger charge is -2.11. The van der Waals surface area contributed by atoms with Crippen molar-refractivity contribution in [2.75, 3.05) is 5.32 Å². The molecule has 0 saturated heterocycles. The molecule has 0 aliphatic rings. The van der Waals surface area contributed by atoms with Crippen LogP contribution < -0.4 is 22.3 Å². The molecule has 8 heteroatoms. The number of hydrogen-bond donors (Lipinski definition) is 1. The minimum atomic E-state index is -4.51. The van der Waals surface area contributed by atoms with Gasteiger partial charge in [-0.1, -0.05) is 41.9 Å². The minimum Gasteiger partial charge on any atom is -1.00 e. The van der Waals surface area contributed by atoms with Crippen LogP contribution in [0.2, 0.25) is 5.02 Å². The number of aromatic nitrogens is 1. The molecule has 28 heavy (non-hydrogen) atoms. The third-order valence-electron chi connectivity index (χ3n) is 3.86. The van der Waals surface area contributed by atoms with E-state index in [0.29, 0.717) is 0 Å². The second-order valence-electron chi connectivity index (χ2n) is 5.87. The van der Waals surface area contributed by atoms with E-state index in [1.165, 1.54) is 0 Å². The van der Waals surface area contributed by atoms with Crippen molar-refractivity contribution < 1.29 is 34.9 Å². The summed E-state index contributed by atoms with van der Waals surface area (Å²) in [5, 5.41) is 2.48. The summed E-state index contributed by atoms with van der Waals surface area (Å²) >= 11 is 5.91. The monoisotopic (exact) mass is 426 g/mol. The van der Waals surface area contributed by atoms with E-state index in [-0.39, 0.29) is 29.7 Å². The van der Waals surface area contributed by atoms with Crippen molar-refractivity contribution in [2.45, 2.75) is 12.7 Å². The highest BCUT2D eigenvalue weighted by Crippen LogP contribution is 2.33. The SMILES string of the molecule is O=C(C[n+]1cccc(-c2ccccc2)c1)Nc1cc(C(F)(F)F)ccc1Cl.[Cl-]. The first-order valence-corrected chi connectivity index (χ1v) is 8.42. The van der Waals surface area contributed by atoms with E-state index in [9.17, 15) is 18.0 Å². The van der Waals surface area contributed by atoms with Crippen molar-refractivity contribution in [1.82, 2.24) is 0 Å². The first-order valence-electron chi connectivity index (χ1n) is 8.04. The molecule has 3 aromatic rings. The molecule has 1 aromatic heterocycles. The topological polar surface area (TPSA) is 33.0 Å². The normalized spacial score (nSPS) is 10.9. The quantitative estimate of drug-likeness (QED) is 0.635. The van der Waals surface area contributed by atoms with Gasteiger partial charge in [0, 0.05) is 11.6 Å². The van der Waals surface area contributed by atoms with Gasteiger partial charge in [0.1, 0.15) is 0 Å². The molecule has 0 atom stereocenters. The average Bonchev–Trinajstić information content (AvgIpc) is 2.63. The second kappa shape index (κ2) is 9.08. The summed E-state index contributed by atoms with van der Waals surface area (Å²) in [6, 6.07) is 16.1. The lowest BCUT2D eigenvalue weighted by molar-refractivity contribution is -0.683. The van der Waals surface area contributed by atoms with E-state index in [1.807, 2.05) is 36.4 Å². The number of alkyl halides is 3. The van der Waals surface area contributed by atoms with Crippen LogP contribution in [0.4, 0.5) is 18.9 Å². The number of carbonyl (C=O) groups is 1. The molecule has 0 radical (unpaired) electrons. The number of nitrogens with one attached hydrogen (secondary N) is 1. The van der Waals surface area contributed by atoms with Crippen molar-refractivity contribution in [3.63, 3.8) is 0 Å². The first kappa shape index (κ1) is 21.7. The standard InChI is InChI=1S/C20H14ClF3N2O.ClH/c21-17-9-8-16(20(22,23)24)11-18(17)25-19(27)13-26-10-4-7-15(12-26)14-5-2-1-3-6-14;/h1-12H,13H2;1H. The van der Waals surface area contributed by atoms with Gasteiger partial charge in [-0.25, -0.2) is 0 Å². The van der Waals surface area contributed by atoms with Gasteiger partial charge in [0.25, 0.3) is 5.91 Å². The van der Waals surface area contributed by atoms with Crippen LogP contribution in [-0.4, -0.2) is 5.91 Å². The Kier molecular flexibility index (Phi) is 7.05. The van der Waals surface area contributed by atoms with E-state index < -0.39 is 17.6 Å². The Labute approximate surface area is 171 Å². The number of pyridine rings is 1. The molecule has 1 amide bonds. The van der Waals surface area contributed by atoms with E-state index in [0.717, 1.165) is 29.3 Å². The summed E-state index contributed by atoms with van der Waals surface area (Å²) in [5.41, 5.74) is 0.966. The number of anilines is 1. The van der Waals surface area contributed by atoms with Gasteiger partial charge in [-0.2, -0.15) is 17.7 Å². The number of halogens is 5. The van der Waals surface area contributed by atoms with E-state index >= 15 is 0 Å². The van der Waals surface area contributed by atoms with Gasteiger partial charge in [-0.15, -0.1) is 0 Å². The molecule has 0 bridgehead atoms. The van der Waals surface area contributed by atoms with Gasteiger partial charge >= 0.3 is 6.18 Å². The minimum absolute atomic E-state index is 0. The van der Waals surface area contributed by atoms with Crippen molar-refractivity contribution >= 4 is 23.2 Å². The zero-order valence-electron chi connectivity index (χ0n) is 14.4. The third kappa shape index (κ3) is 5.47. The maximum atomic E-state index is 12.8. The van der Waals surface area contributed by atoms with Crippen LogP contribution in [0.25, 0.3) is 11.1 Å². The highest BCUT2D eigenvalue weighted by molar-refractivity contribution is 6.33. The highest BCUT2D eigenvalue weighted by atomic mass is 35.5. The average molecular weight is 427 g/mol. The highest BCUT2D eigenvalue weighted by Gasteiger charge is 2.31. The molecular formula is C20H15Cl2F3N2O. The number of nitrogens with zero attached hydrogens (tertiary/aromatic N) is 1. The van der Waals surface area contributed by atoms with Crippen LogP contribution in [0, 0.1) is 0 Å². The van der Waals surface area contributed by atoms with Gasteiger partial charge in [0.15, 0.2) is 12.4 Å². The molecule has 3 rings (SSSR count). The Morgan fingerprint density at radius 2 is 1.68 bits per heavy atom. The summed E-state index contributed by atoms with van der Waals surface area (Å²) in [6.45, 7) is -0.0623. The van der Waals surface area contributed by atoms with Crippen LogP contribution in [0.5, 0.6) is 0 Å². The number of benzene rings is 2. The predicted octanol–water partition coefficient (Wildman–Crippen LogP) is 1.96. The molecule has 1 heterocycles. The lowest BCUT2D eigenvalue weighted by Crippen LogP contribution is -3.00. The van der Waals surface area contributed by atoms with Crippen LogP contribution in [0.15, 0.2) is 73.1 Å². The fourth-order valence-corrected chi connectivity index (χ4v) is 2.74. The first-order chi connectivity index (χ1) is 12.8. The van der Waals surface area contributed by atoms with E-state index in [1.54, 1.807) is 23.0 Å². The molecule has 2 aromatic carbocycles. The van der Waals surface area contributed by atoms with Gasteiger partial charge in [-0.05, 0) is 29.8 Å². The molecule has 0 fully saturated rings. The summed E-state index contributed by atoms with van der Waals surface area (Å²) in [6.07, 6.45) is -1.01. The summed E-state index contributed by atoms with van der Waals surface area (Å²) in [7, 11) is 0. The van der Waals surface area contributed by atoms with Crippen molar-refractivity contribution in [1.29, 1.82) is 0 Å². The Morgan fingerprint density at radius 1 is 1.00 bits per heavy atom. The zero-order chi connectivity index (χ0) is 19.4. The van der Waals surface area contributed by atoms with Crippen molar-refractivity contribution in [3.05, 3.63) is 83.6 Å². The number of carbonyl (C=O) groups excluding carboxylic acids is 1. The maximum Gasteiger partial charge on any atom is 0.416 e. The molecule has 1 N–H and O–H groups in total. The lowest BCUT2D eigenvalue weighted by atomic mass is 10.1. The zero-order valence-corrected chi connectivity index (χ0v) is 15.9. The fourth-order valence-electron chi connectivity index (χ4n) is 2.57. The second-order valence-corrected chi connectivity index (χ2v) is 6.28. The van der Waals surface area contributed by atoms with Crippen molar-refractivity contribution in [3.8, 4) is 11.1 Å². The maximum absolute atomic E-state index is 12.8. The van der Waals surface area contributed by atoms with E-state index in [4.69, 9.17) is 11.6 Å². The Bertz CT molecular complexity index is 963. The van der Waals surface area contributed by atoms with E-state index in [2.05, 4.69) is 5.32 Å². The Hall–Kier alpha value is -2.57. The van der Waals surface area contributed by atoms with Crippen LogP contribution in [-0.2, 0) is 17.5 Å². The number of hydrogen-bond acceptors (Lipinski definition) is 1.